The largest absolute Gasteiger partial charge is 0.135 e. The van der Waals surface area contributed by atoms with Crippen LogP contribution < -0.4 is 0 Å². The summed E-state index contributed by atoms with van der Waals surface area (Å²) in [5.74, 6) is 0. The third-order valence-corrected chi connectivity index (χ3v) is 13.7. The van der Waals surface area contributed by atoms with E-state index < -0.39 is 0 Å². The van der Waals surface area contributed by atoms with E-state index in [1.807, 2.05) is 22.7 Å². The minimum atomic E-state index is 1.23. The van der Waals surface area contributed by atoms with E-state index in [1.165, 1.54) is 117 Å². The minimum Gasteiger partial charge on any atom is -0.135 e. The van der Waals surface area contributed by atoms with Crippen molar-refractivity contribution in [2.45, 2.75) is 0 Å². The molecule has 0 saturated heterocycles. The molecule has 0 nitrogen and oxygen atoms in total. The number of rotatable bonds is 3. The van der Waals surface area contributed by atoms with Crippen LogP contribution in [0.3, 0.4) is 0 Å². The van der Waals surface area contributed by atoms with Crippen molar-refractivity contribution < 1.29 is 0 Å². The molecule has 12 rings (SSSR count). The van der Waals surface area contributed by atoms with Gasteiger partial charge in [-0.15, -0.1) is 22.7 Å². The van der Waals surface area contributed by atoms with E-state index in [2.05, 4.69) is 182 Å². The predicted octanol–water partition coefficient (Wildman–Crippen LogP) is 16.0. The first-order valence-corrected chi connectivity index (χ1v) is 20.1. The van der Waals surface area contributed by atoms with Gasteiger partial charge >= 0.3 is 0 Å². The molecule has 0 aliphatic carbocycles. The van der Waals surface area contributed by atoms with Crippen LogP contribution in [0.2, 0.25) is 0 Å². The van der Waals surface area contributed by atoms with Crippen molar-refractivity contribution in [1.29, 1.82) is 0 Å². The normalized spacial score (nSPS) is 12.1. The molecular formula is C52H30S2. The summed E-state index contributed by atoms with van der Waals surface area (Å²) >= 11 is 3.82. The van der Waals surface area contributed by atoms with Crippen LogP contribution in [0.15, 0.2) is 182 Å². The number of fused-ring (bicyclic) bond motifs is 11. The van der Waals surface area contributed by atoms with Gasteiger partial charge in [-0.2, -0.15) is 0 Å². The van der Waals surface area contributed by atoms with Crippen LogP contribution in [0.25, 0.3) is 117 Å². The zero-order valence-corrected chi connectivity index (χ0v) is 30.8. The first kappa shape index (κ1) is 30.2. The van der Waals surface area contributed by atoms with Gasteiger partial charge in [0.15, 0.2) is 0 Å². The second-order valence-electron chi connectivity index (χ2n) is 14.4. The quantitative estimate of drug-likeness (QED) is 0.160. The molecule has 0 aliphatic rings. The minimum absolute atomic E-state index is 1.23. The molecule has 2 heterocycles. The van der Waals surface area contributed by atoms with Crippen LogP contribution in [-0.2, 0) is 0 Å². The van der Waals surface area contributed by atoms with Gasteiger partial charge in [-0.1, -0.05) is 158 Å². The molecule has 0 spiro atoms. The number of thiophene rings is 2. The lowest BCUT2D eigenvalue weighted by Crippen LogP contribution is -1.91. The zero-order valence-electron chi connectivity index (χ0n) is 29.1. The Balaban J connectivity index is 0.985. The second-order valence-corrected chi connectivity index (χ2v) is 16.5. The molecule has 0 saturated carbocycles. The van der Waals surface area contributed by atoms with Crippen molar-refractivity contribution in [1.82, 2.24) is 0 Å². The summed E-state index contributed by atoms with van der Waals surface area (Å²) in [5.41, 5.74) is 7.59. The average Bonchev–Trinajstić information content (AvgIpc) is 3.78. The summed E-state index contributed by atoms with van der Waals surface area (Å²) in [6.45, 7) is 0. The zero-order chi connectivity index (χ0) is 35.3. The molecule has 2 aromatic heterocycles. The third kappa shape index (κ3) is 4.42. The third-order valence-electron chi connectivity index (χ3n) is 11.5. The van der Waals surface area contributed by atoms with Crippen LogP contribution in [0, 0.1) is 0 Å². The van der Waals surface area contributed by atoms with E-state index in [9.17, 15) is 0 Å². The van der Waals surface area contributed by atoms with Crippen molar-refractivity contribution in [2.24, 2.45) is 0 Å². The Hall–Kier alpha value is -6.32. The summed E-state index contributed by atoms with van der Waals surface area (Å²) in [5, 5.41) is 15.7. The van der Waals surface area contributed by atoms with Crippen molar-refractivity contribution in [3.63, 3.8) is 0 Å². The molecule has 0 N–H and O–H groups in total. The summed E-state index contributed by atoms with van der Waals surface area (Å²) in [6.07, 6.45) is 0. The summed E-state index contributed by atoms with van der Waals surface area (Å²) in [7, 11) is 0. The monoisotopic (exact) mass is 718 g/mol. The maximum absolute atomic E-state index is 2.45. The highest BCUT2D eigenvalue weighted by Gasteiger charge is 2.18. The maximum atomic E-state index is 2.45. The molecular weight excluding hydrogens is 689 g/mol. The van der Waals surface area contributed by atoms with Crippen LogP contribution in [0.4, 0.5) is 0 Å². The second kappa shape index (κ2) is 11.6. The SMILES string of the molecule is c1ccc2c(-c3c4ccccc4c(-c4ccc(-c5ccc6c(c5)sc5cc7sc8ccc9ccccc9c8c7cc56)cc4)c4ccccc34)cccc2c1. The van der Waals surface area contributed by atoms with Gasteiger partial charge < -0.3 is 0 Å². The highest BCUT2D eigenvalue weighted by atomic mass is 32.1. The standard InChI is InChI=1S/C52H30S2/c1-3-13-36-32(10-1)12-9-19-39(36)51-42-17-7-5-15-40(42)50(41-16-6-8-18-43(41)51)34-22-20-31(21-23-34)35-24-26-38-44-29-45-49(30-48(44)54-47(38)28-35)53-46-27-25-33-11-2-4-14-37(33)52(45)46/h1-30H. The Morgan fingerprint density at radius 2 is 0.796 bits per heavy atom. The fourth-order valence-electron chi connectivity index (χ4n) is 9.00. The van der Waals surface area contributed by atoms with Crippen LogP contribution >= 0.6 is 22.7 Å². The fraction of sp³-hybridized carbons (Fsp3) is 0. The van der Waals surface area contributed by atoms with Crippen LogP contribution in [0.1, 0.15) is 0 Å². The van der Waals surface area contributed by atoms with E-state index >= 15 is 0 Å². The molecule has 2 heteroatoms. The molecule has 0 bridgehead atoms. The number of hydrogen-bond donors (Lipinski definition) is 0. The Morgan fingerprint density at radius 3 is 1.54 bits per heavy atom. The number of hydrogen-bond acceptors (Lipinski definition) is 2. The van der Waals surface area contributed by atoms with Crippen molar-refractivity contribution >= 4 is 106 Å². The van der Waals surface area contributed by atoms with Crippen LogP contribution in [-0.4, -0.2) is 0 Å². The Kier molecular flexibility index (Phi) is 6.48. The molecule has 0 amide bonds. The predicted molar refractivity (Wildman–Crippen MR) is 239 cm³/mol. The lowest BCUT2D eigenvalue weighted by molar-refractivity contribution is 1.64. The topological polar surface area (TPSA) is 0 Å². The molecule has 0 unspecified atom stereocenters. The van der Waals surface area contributed by atoms with Gasteiger partial charge in [0.2, 0.25) is 0 Å². The summed E-state index contributed by atoms with van der Waals surface area (Å²) < 4.78 is 5.41. The average molecular weight is 719 g/mol. The molecule has 54 heavy (non-hydrogen) atoms. The highest BCUT2D eigenvalue weighted by molar-refractivity contribution is 7.28. The first-order valence-electron chi connectivity index (χ1n) is 18.5. The Labute approximate surface area is 319 Å². The van der Waals surface area contributed by atoms with E-state index in [0.717, 1.165) is 0 Å². The van der Waals surface area contributed by atoms with Gasteiger partial charge in [-0.05, 0) is 101 Å². The lowest BCUT2D eigenvalue weighted by atomic mass is 9.84. The maximum Gasteiger partial charge on any atom is 0.0370 e. The Bertz CT molecular complexity index is 3430. The molecule has 0 aliphatic heterocycles. The highest BCUT2D eigenvalue weighted by Crippen LogP contribution is 2.47. The van der Waals surface area contributed by atoms with Crippen molar-refractivity contribution in [3.05, 3.63) is 182 Å². The van der Waals surface area contributed by atoms with Crippen molar-refractivity contribution in [2.75, 3.05) is 0 Å². The van der Waals surface area contributed by atoms with E-state index in [0.29, 0.717) is 0 Å². The molecule has 250 valence electrons. The van der Waals surface area contributed by atoms with Gasteiger partial charge in [0.1, 0.15) is 0 Å². The molecule has 12 aromatic rings. The van der Waals surface area contributed by atoms with Gasteiger partial charge in [-0.25, -0.2) is 0 Å². The molecule has 0 atom stereocenters. The van der Waals surface area contributed by atoms with E-state index in [-0.39, 0.29) is 0 Å². The van der Waals surface area contributed by atoms with Crippen LogP contribution in [0.5, 0.6) is 0 Å². The molecule has 0 fully saturated rings. The van der Waals surface area contributed by atoms with E-state index in [1.54, 1.807) is 0 Å². The lowest BCUT2D eigenvalue weighted by Gasteiger charge is -2.19. The molecule has 0 radical (unpaired) electrons. The van der Waals surface area contributed by atoms with Crippen molar-refractivity contribution in [3.8, 4) is 33.4 Å². The van der Waals surface area contributed by atoms with Gasteiger partial charge in [0.25, 0.3) is 0 Å². The van der Waals surface area contributed by atoms with Gasteiger partial charge in [0, 0.05) is 40.3 Å². The van der Waals surface area contributed by atoms with Gasteiger partial charge in [0.05, 0.1) is 0 Å². The number of benzene rings is 10. The smallest absolute Gasteiger partial charge is 0.0370 e. The molecule has 10 aromatic carbocycles. The summed E-state index contributed by atoms with van der Waals surface area (Å²) in [4.78, 5) is 0. The van der Waals surface area contributed by atoms with E-state index in [4.69, 9.17) is 0 Å². The summed E-state index contributed by atoms with van der Waals surface area (Å²) in [6, 6.07) is 67.8. The first-order chi connectivity index (χ1) is 26.8. The Morgan fingerprint density at radius 1 is 0.259 bits per heavy atom. The fourth-order valence-corrected chi connectivity index (χ4v) is 11.4. The van der Waals surface area contributed by atoms with Gasteiger partial charge in [-0.3, -0.25) is 0 Å².